The van der Waals surface area contributed by atoms with Crippen molar-refractivity contribution in [3.63, 3.8) is 0 Å². The number of halogens is 1. The predicted molar refractivity (Wildman–Crippen MR) is 84.0 cm³/mol. The maximum absolute atomic E-state index is 9.08. The molecule has 1 radical (unpaired) electrons. The monoisotopic (exact) mass is 285 g/mol. The lowest BCUT2D eigenvalue weighted by Gasteiger charge is -2.22. The molecule has 0 unspecified atom stereocenters. The molecule has 0 saturated carbocycles. The van der Waals surface area contributed by atoms with E-state index in [-0.39, 0.29) is 12.4 Å². The van der Waals surface area contributed by atoms with Gasteiger partial charge in [-0.2, -0.15) is 5.26 Å². The number of rotatable bonds is 2. The molecule has 1 heterocycles. The van der Waals surface area contributed by atoms with E-state index in [0.29, 0.717) is 5.56 Å². The number of nitriles is 1. The van der Waals surface area contributed by atoms with Crippen LogP contribution < -0.4 is 5.32 Å². The van der Waals surface area contributed by atoms with Gasteiger partial charge in [0.05, 0.1) is 5.56 Å². The molecule has 1 aliphatic rings. The van der Waals surface area contributed by atoms with Crippen LogP contribution in [0.2, 0.25) is 0 Å². The van der Waals surface area contributed by atoms with Crippen molar-refractivity contribution >= 4 is 23.2 Å². The van der Waals surface area contributed by atoms with E-state index in [1.54, 1.807) is 0 Å². The molecule has 3 rings (SSSR count). The first-order valence-electron chi connectivity index (χ1n) is 6.91. The van der Waals surface area contributed by atoms with Gasteiger partial charge < -0.3 is 5.32 Å². The maximum Gasteiger partial charge on any atom is 0.100 e. The van der Waals surface area contributed by atoms with Crippen molar-refractivity contribution in [2.24, 2.45) is 5.92 Å². The summed E-state index contributed by atoms with van der Waals surface area (Å²) in [6.07, 6.45) is 3.69. The average Bonchev–Trinajstić information content (AvgIpc) is 2.47. The molecule has 2 aromatic carbocycles. The first kappa shape index (κ1) is 14.8. The molecule has 20 heavy (non-hydrogen) atoms. The van der Waals surface area contributed by atoms with Crippen LogP contribution in [0.1, 0.15) is 24.0 Å². The van der Waals surface area contributed by atoms with Crippen molar-refractivity contribution in [2.75, 3.05) is 13.1 Å². The Morgan fingerprint density at radius 3 is 2.80 bits per heavy atom. The normalized spacial score (nSPS) is 15.6. The lowest BCUT2D eigenvalue weighted by Crippen LogP contribution is -2.28. The molecule has 1 fully saturated rings. The summed E-state index contributed by atoms with van der Waals surface area (Å²) in [7, 11) is 0. The molecule has 2 nitrogen and oxygen atoms in total. The minimum atomic E-state index is 0. The van der Waals surface area contributed by atoms with Crippen molar-refractivity contribution in [1.29, 1.82) is 5.26 Å². The second-order valence-corrected chi connectivity index (χ2v) is 5.28. The molecule has 1 saturated heterocycles. The topological polar surface area (TPSA) is 35.8 Å². The lowest BCUT2D eigenvalue weighted by atomic mass is 9.90. The molecule has 103 valence electrons. The number of nitrogens with one attached hydrogen (secondary N) is 1. The first-order chi connectivity index (χ1) is 9.36. The van der Waals surface area contributed by atoms with Crippen LogP contribution in [0.4, 0.5) is 0 Å². The number of hydrogen-bond acceptors (Lipinski definition) is 2. The van der Waals surface area contributed by atoms with Crippen LogP contribution >= 0.6 is 12.4 Å². The zero-order chi connectivity index (χ0) is 13.1. The van der Waals surface area contributed by atoms with Gasteiger partial charge in [-0.25, -0.2) is 0 Å². The highest BCUT2D eigenvalue weighted by atomic mass is 35.5. The summed E-state index contributed by atoms with van der Waals surface area (Å²) in [6.45, 7) is 2.29. The zero-order valence-electron chi connectivity index (χ0n) is 11.4. The van der Waals surface area contributed by atoms with Crippen molar-refractivity contribution in [1.82, 2.24) is 5.32 Å². The SMILES string of the molecule is Cl.N#Cc1[c]ccc2cc(CC3CCNCC3)ccc12. The quantitative estimate of drug-likeness (QED) is 0.917. The van der Waals surface area contributed by atoms with Crippen molar-refractivity contribution < 1.29 is 0 Å². The van der Waals surface area contributed by atoms with Gasteiger partial charge in [-0.15, -0.1) is 12.4 Å². The Morgan fingerprint density at radius 1 is 1.25 bits per heavy atom. The Kier molecular flexibility index (Phi) is 5.00. The van der Waals surface area contributed by atoms with E-state index in [1.165, 1.54) is 18.4 Å². The summed E-state index contributed by atoms with van der Waals surface area (Å²) in [6, 6.07) is 15.5. The molecule has 3 heteroatoms. The van der Waals surface area contributed by atoms with Crippen molar-refractivity contribution in [2.45, 2.75) is 19.3 Å². The maximum atomic E-state index is 9.08. The van der Waals surface area contributed by atoms with Gasteiger partial charge in [0.1, 0.15) is 6.07 Å². The standard InChI is InChI=1S/C17H17N2.ClH/c18-12-16-3-1-2-15-11-14(4-5-17(15)16)10-13-6-8-19-9-7-13;/h1-2,4-5,11,13,19H,6-10H2;1H. The van der Waals surface area contributed by atoms with Gasteiger partial charge in [-0.05, 0) is 49.2 Å². The number of piperidine rings is 1. The highest BCUT2D eigenvalue weighted by Crippen LogP contribution is 2.23. The second kappa shape index (κ2) is 6.74. The third kappa shape index (κ3) is 3.12. The minimum Gasteiger partial charge on any atom is -0.317 e. The summed E-state index contributed by atoms with van der Waals surface area (Å²) in [5.74, 6) is 0.796. The molecule has 0 atom stereocenters. The van der Waals surface area contributed by atoms with Crippen LogP contribution in [-0.2, 0) is 6.42 Å². The van der Waals surface area contributed by atoms with Gasteiger partial charge in [0, 0.05) is 11.5 Å². The van der Waals surface area contributed by atoms with Crippen LogP contribution in [0.25, 0.3) is 10.8 Å². The van der Waals surface area contributed by atoms with E-state index in [2.05, 4.69) is 35.7 Å². The van der Waals surface area contributed by atoms with E-state index >= 15 is 0 Å². The van der Waals surface area contributed by atoms with Gasteiger partial charge in [0.2, 0.25) is 0 Å². The van der Waals surface area contributed by atoms with E-state index in [9.17, 15) is 0 Å². The summed E-state index contributed by atoms with van der Waals surface area (Å²) in [5.41, 5.74) is 2.03. The molecule has 0 aliphatic carbocycles. The summed E-state index contributed by atoms with van der Waals surface area (Å²) in [5, 5.41) is 14.7. The largest absolute Gasteiger partial charge is 0.317 e. The van der Waals surface area contributed by atoms with Crippen LogP contribution in [0, 0.1) is 23.3 Å². The number of fused-ring (bicyclic) bond motifs is 1. The average molecular weight is 286 g/mol. The fourth-order valence-corrected chi connectivity index (χ4v) is 2.91. The molecule has 0 aromatic heterocycles. The van der Waals surface area contributed by atoms with Crippen molar-refractivity contribution in [3.05, 3.63) is 47.5 Å². The van der Waals surface area contributed by atoms with Gasteiger partial charge in [0.15, 0.2) is 0 Å². The van der Waals surface area contributed by atoms with Crippen molar-refractivity contribution in [3.8, 4) is 6.07 Å². The van der Waals surface area contributed by atoms with Crippen LogP contribution in [0.5, 0.6) is 0 Å². The smallest absolute Gasteiger partial charge is 0.100 e. The lowest BCUT2D eigenvalue weighted by molar-refractivity contribution is 0.373. The fourth-order valence-electron chi connectivity index (χ4n) is 2.91. The first-order valence-corrected chi connectivity index (χ1v) is 6.91. The Bertz CT molecular complexity index is 624. The van der Waals surface area contributed by atoms with Crippen LogP contribution in [-0.4, -0.2) is 13.1 Å². The Hall–Kier alpha value is -1.56. The molecule has 0 bridgehead atoms. The van der Waals surface area contributed by atoms with Crippen LogP contribution in [0.3, 0.4) is 0 Å². The molecule has 2 aromatic rings. The number of hydrogen-bond donors (Lipinski definition) is 1. The molecular weight excluding hydrogens is 268 g/mol. The van der Waals surface area contributed by atoms with E-state index < -0.39 is 0 Å². The molecule has 1 N–H and O–H groups in total. The zero-order valence-corrected chi connectivity index (χ0v) is 12.2. The van der Waals surface area contributed by atoms with Crippen LogP contribution in [0.15, 0.2) is 30.3 Å². The molecule has 0 amide bonds. The third-order valence-corrected chi connectivity index (χ3v) is 3.97. The Labute approximate surface area is 126 Å². The van der Waals surface area contributed by atoms with Gasteiger partial charge in [-0.1, -0.05) is 30.3 Å². The van der Waals surface area contributed by atoms with Gasteiger partial charge in [-0.3, -0.25) is 0 Å². The fraction of sp³-hybridized carbons (Fsp3) is 0.353. The number of nitrogens with zero attached hydrogens (tertiary/aromatic N) is 1. The van der Waals surface area contributed by atoms with E-state index in [4.69, 9.17) is 5.26 Å². The predicted octanol–water partition coefficient (Wildman–Crippen LogP) is 3.48. The third-order valence-electron chi connectivity index (χ3n) is 3.97. The summed E-state index contributed by atoms with van der Waals surface area (Å²) >= 11 is 0. The van der Waals surface area contributed by atoms with E-state index in [0.717, 1.165) is 36.2 Å². The Balaban J connectivity index is 0.00000147. The van der Waals surface area contributed by atoms with E-state index in [1.807, 2.05) is 12.1 Å². The molecular formula is C17H18ClN2. The number of benzene rings is 2. The Morgan fingerprint density at radius 2 is 2.05 bits per heavy atom. The summed E-state index contributed by atoms with van der Waals surface area (Å²) in [4.78, 5) is 0. The molecule has 0 spiro atoms. The van der Waals surface area contributed by atoms with Gasteiger partial charge >= 0.3 is 0 Å². The highest BCUT2D eigenvalue weighted by molar-refractivity contribution is 5.88. The highest BCUT2D eigenvalue weighted by Gasteiger charge is 2.13. The molecule has 1 aliphatic heterocycles. The second-order valence-electron chi connectivity index (χ2n) is 5.28. The summed E-state index contributed by atoms with van der Waals surface area (Å²) < 4.78 is 0. The minimum absolute atomic E-state index is 0. The van der Waals surface area contributed by atoms with Gasteiger partial charge in [0.25, 0.3) is 0 Å².